The van der Waals surface area contributed by atoms with E-state index in [4.69, 9.17) is 9.47 Å². The summed E-state index contributed by atoms with van der Waals surface area (Å²) in [5, 5.41) is 0.938. The third kappa shape index (κ3) is 4.52. The molecule has 0 aliphatic rings. The van der Waals surface area contributed by atoms with Gasteiger partial charge in [-0.3, -0.25) is 0 Å². The second kappa shape index (κ2) is 7.03. The van der Waals surface area contributed by atoms with Crippen LogP contribution in [0.5, 0.6) is 11.5 Å². The van der Waals surface area contributed by atoms with Crippen molar-refractivity contribution in [2.75, 3.05) is 18.5 Å². The third-order valence-electron chi connectivity index (χ3n) is 3.00. The lowest BCUT2D eigenvalue weighted by atomic mass is 9.83. The Bertz CT molecular complexity index is 358. The summed E-state index contributed by atoms with van der Waals surface area (Å²) in [4.78, 5) is 0. The molecule has 0 saturated heterocycles. The Morgan fingerprint density at radius 2 is 1.67 bits per heavy atom. The van der Waals surface area contributed by atoms with Crippen LogP contribution in [0.25, 0.3) is 0 Å². The zero-order valence-electron chi connectivity index (χ0n) is 11.7. The molecule has 0 fully saturated rings. The fraction of sp³-hybridized carbons (Fsp3) is 0.600. The summed E-state index contributed by atoms with van der Waals surface area (Å²) in [6, 6.07) is 7.83. The van der Waals surface area contributed by atoms with E-state index >= 15 is 0 Å². The van der Waals surface area contributed by atoms with E-state index in [2.05, 4.69) is 36.7 Å². The Morgan fingerprint density at radius 1 is 1.11 bits per heavy atom. The van der Waals surface area contributed by atoms with Crippen LogP contribution in [-0.2, 0) is 0 Å². The van der Waals surface area contributed by atoms with Gasteiger partial charge in [-0.05, 0) is 24.5 Å². The van der Waals surface area contributed by atoms with Crippen molar-refractivity contribution in [1.82, 2.24) is 0 Å². The van der Waals surface area contributed by atoms with Crippen LogP contribution in [0.2, 0.25) is 0 Å². The minimum absolute atomic E-state index is 0.226. The first kappa shape index (κ1) is 15.4. The summed E-state index contributed by atoms with van der Waals surface area (Å²) in [5.74, 6) is 2.11. The topological polar surface area (TPSA) is 18.5 Å². The molecule has 0 N–H and O–H groups in total. The summed E-state index contributed by atoms with van der Waals surface area (Å²) in [6.45, 7) is 10.0. The molecule has 0 bridgehead atoms. The van der Waals surface area contributed by atoms with Crippen molar-refractivity contribution in [3.8, 4) is 11.5 Å². The number of rotatable bonds is 6. The van der Waals surface area contributed by atoms with Gasteiger partial charge in [0.2, 0.25) is 0 Å². The van der Waals surface area contributed by atoms with E-state index in [0.29, 0.717) is 19.1 Å². The third-order valence-corrected chi connectivity index (χ3v) is 3.78. The van der Waals surface area contributed by atoms with Crippen molar-refractivity contribution in [3.05, 3.63) is 24.3 Å². The standard InChI is InChI=1S/C15H23BrO2/c1-5-17-13-8-6-7-9-14(13)18-11-12(10-16)15(2,3)4/h6-9,12H,5,10-11H2,1-4H3. The van der Waals surface area contributed by atoms with Gasteiger partial charge in [0.1, 0.15) is 0 Å². The van der Waals surface area contributed by atoms with E-state index in [1.165, 1.54) is 0 Å². The molecule has 0 aromatic heterocycles. The number of alkyl halides is 1. The lowest BCUT2D eigenvalue weighted by Gasteiger charge is -2.29. The second-order valence-electron chi connectivity index (χ2n) is 5.41. The Hall–Kier alpha value is -0.700. The quantitative estimate of drug-likeness (QED) is 0.719. The molecule has 0 heterocycles. The molecule has 18 heavy (non-hydrogen) atoms. The molecule has 1 aromatic carbocycles. The van der Waals surface area contributed by atoms with E-state index in [1.54, 1.807) is 0 Å². The fourth-order valence-electron chi connectivity index (χ4n) is 1.56. The van der Waals surface area contributed by atoms with Crippen LogP contribution < -0.4 is 9.47 Å². The Morgan fingerprint density at radius 3 is 2.11 bits per heavy atom. The van der Waals surface area contributed by atoms with Gasteiger partial charge < -0.3 is 9.47 Å². The van der Waals surface area contributed by atoms with Crippen LogP contribution in [0, 0.1) is 11.3 Å². The molecule has 1 unspecified atom stereocenters. The number of para-hydroxylation sites is 2. The Kier molecular flexibility index (Phi) is 6.00. The van der Waals surface area contributed by atoms with Crippen LogP contribution in [-0.4, -0.2) is 18.5 Å². The van der Waals surface area contributed by atoms with E-state index < -0.39 is 0 Å². The maximum absolute atomic E-state index is 5.91. The van der Waals surface area contributed by atoms with Crippen molar-refractivity contribution in [3.63, 3.8) is 0 Å². The van der Waals surface area contributed by atoms with Crippen molar-refractivity contribution in [2.24, 2.45) is 11.3 Å². The lowest BCUT2D eigenvalue weighted by molar-refractivity contribution is 0.161. The Labute approximate surface area is 119 Å². The molecule has 2 nitrogen and oxygen atoms in total. The SMILES string of the molecule is CCOc1ccccc1OCC(CBr)C(C)(C)C. The number of hydrogen-bond donors (Lipinski definition) is 0. The van der Waals surface area contributed by atoms with Gasteiger partial charge >= 0.3 is 0 Å². The molecule has 0 radical (unpaired) electrons. The largest absolute Gasteiger partial charge is 0.490 e. The van der Waals surface area contributed by atoms with Crippen LogP contribution in [0.4, 0.5) is 0 Å². The monoisotopic (exact) mass is 314 g/mol. The molecular formula is C15H23BrO2. The van der Waals surface area contributed by atoms with Gasteiger partial charge in [0.25, 0.3) is 0 Å². The summed E-state index contributed by atoms with van der Waals surface area (Å²) in [7, 11) is 0. The van der Waals surface area contributed by atoms with Gasteiger partial charge in [-0.25, -0.2) is 0 Å². The van der Waals surface area contributed by atoms with Gasteiger partial charge in [0.05, 0.1) is 13.2 Å². The molecule has 102 valence electrons. The van der Waals surface area contributed by atoms with Crippen LogP contribution in [0.15, 0.2) is 24.3 Å². The molecular weight excluding hydrogens is 292 g/mol. The second-order valence-corrected chi connectivity index (χ2v) is 6.06. The molecule has 0 aliphatic carbocycles. The zero-order valence-corrected chi connectivity index (χ0v) is 13.3. The maximum Gasteiger partial charge on any atom is 0.161 e. The van der Waals surface area contributed by atoms with E-state index in [9.17, 15) is 0 Å². The molecule has 0 amide bonds. The van der Waals surface area contributed by atoms with E-state index in [-0.39, 0.29) is 5.41 Å². The highest BCUT2D eigenvalue weighted by atomic mass is 79.9. The predicted molar refractivity (Wildman–Crippen MR) is 79.8 cm³/mol. The van der Waals surface area contributed by atoms with Crippen LogP contribution >= 0.6 is 15.9 Å². The normalized spacial score (nSPS) is 13.2. The first-order chi connectivity index (χ1) is 8.49. The van der Waals surface area contributed by atoms with Gasteiger partial charge in [0.15, 0.2) is 11.5 Å². The minimum atomic E-state index is 0.226. The van der Waals surface area contributed by atoms with Crippen molar-refractivity contribution < 1.29 is 9.47 Å². The predicted octanol–water partition coefficient (Wildman–Crippen LogP) is 4.52. The first-order valence-electron chi connectivity index (χ1n) is 6.39. The van der Waals surface area contributed by atoms with E-state index in [1.807, 2.05) is 31.2 Å². The number of hydrogen-bond acceptors (Lipinski definition) is 2. The number of ether oxygens (including phenoxy) is 2. The molecule has 1 aromatic rings. The minimum Gasteiger partial charge on any atom is -0.490 e. The van der Waals surface area contributed by atoms with Gasteiger partial charge in [-0.15, -0.1) is 0 Å². The summed E-state index contributed by atoms with van der Waals surface area (Å²) in [6.07, 6.45) is 0. The average molecular weight is 315 g/mol. The highest BCUT2D eigenvalue weighted by Gasteiger charge is 2.24. The first-order valence-corrected chi connectivity index (χ1v) is 7.51. The fourth-order valence-corrected chi connectivity index (χ4v) is 2.72. The Balaban J connectivity index is 2.67. The molecule has 0 aliphatic heterocycles. The lowest BCUT2D eigenvalue weighted by Crippen LogP contribution is -2.28. The van der Waals surface area contributed by atoms with E-state index in [0.717, 1.165) is 16.8 Å². The maximum atomic E-state index is 5.91. The van der Waals surface area contributed by atoms with Gasteiger partial charge in [0, 0.05) is 11.2 Å². The summed E-state index contributed by atoms with van der Waals surface area (Å²) < 4.78 is 11.5. The molecule has 1 atom stereocenters. The van der Waals surface area contributed by atoms with Crippen LogP contribution in [0.3, 0.4) is 0 Å². The molecule has 3 heteroatoms. The molecule has 0 saturated carbocycles. The van der Waals surface area contributed by atoms with Crippen molar-refractivity contribution >= 4 is 15.9 Å². The summed E-state index contributed by atoms with van der Waals surface area (Å²) >= 11 is 3.56. The number of halogens is 1. The van der Waals surface area contributed by atoms with Crippen LogP contribution in [0.1, 0.15) is 27.7 Å². The number of benzene rings is 1. The summed E-state index contributed by atoms with van der Waals surface area (Å²) in [5.41, 5.74) is 0.226. The highest BCUT2D eigenvalue weighted by Crippen LogP contribution is 2.31. The van der Waals surface area contributed by atoms with Crippen molar-refractivity contribution in [1.29, 1.82) is 0 Å². The zero-order chi connectivity index (χ0) is 13.6. The average Bonchev–Trinajstić information content (AvgIpc) is 2.30. The van der Waals surface area contributed by atoms with Gasteiger partial charge in [-0.2, -0.15) is 0 Å². The molecule has 1 rings (SSSR count). The smallest absolute Gasteiger partial charge is 0.161 e. The van der Waals surface area contributed by atoms with Crippen molar-refractivity contribution in [2.45, 2.75) is 27.7 Å². The highest BCUT2D eigenvalue weighted by molar-refractivity contribution is 9.09. The van der Waals surface area contributed by atoms with Gasteiger partial charge in [-0.1, -0.05) is 48.8 Å². The molecule has 0 spiro atoms.